The molecule has 1 aromatic heterocycles. The molecule has 4 atom stereocenters. The minimum Gasteiger partial charge on any atom is -0.465 e. The van der Waals surface area contributed by atoms with E-state index in [-0.39, 0.29) is 18.0 Å². The fourth-order valence-electron chi connectivity index (χ4n) is 3.32. The lowest BCUT2D eigenvalue weighted by atomic mass is 9.89. The lowest BCUT2D eigenvalue weighted by molar-refractivity contribution is -0.145. The van der Waals surface area contributed by atoms with Gasteiger partial charge in [0.2, 0.25) is 5.89 Å². The van der Waals surface area contributed by atoms with Crippen molar-refractivity contribution in [3.05, 3.63) is 11.7 Å². The summed E-state index contributed by atoms with van der Waals surface area (Å²) in [7, 11) is 0. The molecule has 2 saturated heterocycles. The molecule has 6 heteroatoms. The van der Waals surface area contributed by atoms with Gasteiger partial charge < -0.3 is 14.0 Å². The zero-order chi connectivity index (χ0) is 14.8. The van der Waals surface area contributed by atoms with E-state index in [1.807, 2.05) is 6.92 Å². The molecule has 0 N–H and O–H groups in total. The van der Waals surface area contributed by atoms with Gasteiger partial charge >= 0.3 is 5.97 Å². The number of rotatable bonds is 6. The molecule has 21 heavy (non-hydrogen) atoms. The van der Waals surface area contributed by atoms with Gasteiger partial charge in [0.05, 0.1) is 24.7 Å². The Bertz CT molecular complexity index is 502. The van der Waals surface area contributed by atoms with Crippen molar-refractivity contribution in [2.24, 2.45) is 0 Å². The summed E-state index contributed by atoms with van der Waals surface area (Å²) < 4.78 is 16.3. The molecule has 0 spiro atoms. The van der Waals surface area contributed by atoms with E-state index in [0.717, 1.165) is 25.7 Å². The van der Waals surface area contributed by atoms with Crippen molar-refractivity contribution in [2.45, 2.75) is 70.0 Å². The Labute approximate surface area is 124 Å². The lowest BCUT2D eigenvalue weighted by Gasteiger charge is -2.14. The van der Waals surface area contributed by atoms with Crippen LogP contribution in [0.2, 0.25) is 0 Å². The molecule has 0 saturated carbocycles. The van der Waals surface area contributed by atoms with Gasteiger partial charge in [-0.2, -0.15) is 4.98 Å². The molecule has 3 heterocycles. The number of fused-ring (bicyclic) bond motifs is 2. The zero-order valence-corrected chi connectivity index (χ0v) is 12.6. The SMILES string of the molecule is CCCC(C(=O)OCC)c1nc(C2CC3CCC2O3)no1. The first kappa shape index (κ1) is 14.5. The minimum absolute atomic E-state index is 0.214. The normalized spacial score (nSPS) is 28.8. The summed E-state index contributed by atoms with van der Waals surface area (Å²) in [5.74, 6) is 0.552. The van der Waals surface area contributed by atoms with Gasteiger partial charge in [-0.05, 0) is 32.6 Å². The van der Waals surface area contributed by atoms with Crippen LogP contribution in [-0.2, 0) is 14.3 Å². The van der Waals surface area contributed by atoms with Gasteiger partial charge in [0.15, 0.2) is 5.82 Å². The van der Waals surface area contributed by atoms with E-state index in [1.165, 1.54) is 0 Å². The average molecular weight is 294 g/mol. The van der Waals surface area contributed by atoms with Gasteiger partial charge in [-0.15, -0.1) is 0 Å². The Kier molecular flexibility index (Phi) is 4.24. The fraction of sp³-hybridized carbons (Fsp3) is 0.800. The van der Waals surface area contributed by atoms with Crippen LogP contribution in [0.5, 0.6) is 0 Å². The molecule has 2 bridgehead atoms. The van der Waals surface area contributed by atoms with Crippen molar-refractivity contribution >= 4 is 5.97 Å². The monoisotopic (exact) mass is 294 g/mol. The summed E-state index contributed by atoms with van der Waals surface area (Å²) in [6.45, 7) is 4.18. The molecular weight excluding hydrogens is 272 g/mol. The number of ether oxygens (including phenoxy) is 2. The van der Waals surface area contributed by atoms with Crippen molar-refractivity contribution in [2.75, 3.05) is 6.61 Å². The molecule has 116 valence electrons. The summed E-state index contributed by atoms with van der Waals surface area (Å²) in [6.07, 6.45) is 5.24. The van der Waals surface area contributed by atoms with Crippen molar-refractivity contribution in [3.8, 4) is 0 Å². The van der Waals surface area contributed by atoms with Crippen molar-refractivity contribution in [1.29, 1.82) is 0 Å². The van der Waals surface area contributed by atoms with Crippen LogP contribution in [0.3, 0.4) is 0 Å². The van der Waals surface area contributed by atoms with Crippen LogP contribution < -0.4 is 0 Å². The van der Waals surface area contributed by atoms with Gasteiger partial charge in [0, 0.05) is 0 Å². The minimum atomic E-state index is -0.448. The highest BCUT2D eigenvalue weighted by Crippen LogP contribution is 2.43. The number of aromatic nitrogens is 2. The second kappa shape index (κ2) is 6.13. The maximum Gasteiger partial charge on any atom is 0.318 e. The number of nitrogens with zero attached hydrogens (tertiary/aromatic N) is 2. The summed E-state index contributed by atoms with van der Waals surface area (Å²) in [5, 5.41) is 4.09. The molecule has 2 fully saturated rings. The molecule has 2 aliphatic heterocycles. The van der Waals surface area contributed by atoms with Crippen LogP contribution in [0.1, 0.15) is 69.5 Å². The van der Waals surface area contributed by atoms with Crippen LogP contribution in [0, 0.1) is 0 Å². The van der Waals surface area contributed by atoms with Crippen LogP contribution in [0.15, 0.2) is 4.52 Å². The van der Waals surface area contributed by atoms with Crippen LogP contribution in [0.25, 0.3) is 0 Å². The number of hydrogen-bond acceptors (Lipinski definition) is 6. The lowest BCUT2D eigenvalue weighted by Crippen LogP contribution is -2.18. The van der Waals surface area contributed by atoms with Crippen molar-refractivity contribution < 1.29 is 18.8 Å². The maximum atomic E-state index is 12.0. The topological polar surface area (TPSA) is 74.5 Å². The molecule has 4 unspecified atom stereocenters. The molecule has 1 aromatic rings. The molecule has 0 aromatic carbocycles. The summed E-state index contributed by atoms with van der Waals surface area (Å²) in [6, 6.07) is 0. The molecule has 0 amide bonds. The van der Waals surface area contributed by atoms with Crippen molar-refractivity contribution in [1.82, 2.24) is 10.1 Å². The molecule has 0 aliphatic carbocycles. The summed E-state index contributed by atoms with van der Waals surface area (Å²) >= 11 is 0. The third kappa shape index (κ3) is 2.81. The highest BCUT2D eigenvalue weighted by Gasteiger charge is 2.44. The quantitative estimate of drug-likeness (QED) is 0.751. The van der Waals surface area contributed by atoms with Crippen LogP contribution >= 0.6 is 0 Å². The van der Waals surface area contributed by atoms with Gasteiger partial charge in [-0.1, -0.05) is 18.5 Å². The second-order valence-corrected chi connectivity index (χ2v) is 5.80. The first-order chi connectivity index (χ1) is 10.2. The van der Waals surface area contributed by atoms with E-state index < -0.39 is 5.92 Å². The summed E-state index contributed by atoms with van der Waals surface area (Å²) in [5.41, 5.74) is 0. The van der Waals surface area contributed by atoms with Crippen LogP contribution in [0.4, 0.5) is 0 Å². The van der Waals surface area contributed by atoms with E-state index in [4.69, 9.17) is 14.0 Å². The van der Waals surface area contributed by atoms with E-state index in [9.17, 15) is 4.79 Å². The molecule has 6 nitrogen and oxygen atoms in total. The Morgan fingerprint density at radius 2 is 2.29 bits per heavy atom. The average Bonchev–Trinajstić information content (AvgIpc) is 3.20. The Morgan fingerprint density at radius 1 is 1.43 bits per heavy atom. The van der Waals surface area contributed by atoms with Crippen molar-refractivity contribution in [3.63, 3.8) is 0 Å². The Balaban J connectivity index is 1.74. The van der Waals surface area contributed by atoms with Gasteiger partial charge in [0.1, 0.15) is 5.92 Å². The number of carbonyl (C=O) groups is 1. The fourth-order valence-corrected chi connectivity index (χ4v) is 3.32. The molecule has 3 rings (SSSR count). The first-order valence-electron chi connectivity index (χ1n) is 7.88. The Morgan fingerprint density at radius 3 is 2.90 bits per heavy atom. The van der Waals surface area contributed by atoms with Gasteiger partial charge in [0.25, 0.3) is 0 Å². The van der Waals surface area contributed by atoms with Crippen LogP contribution in [-0.4, -0.2) is 34.9 Å². The third-order valence-electron chi connectivity index (χ3n) is 4.34. The molecular formula is C15H22N2O4. The van der Waals surface area contributed by atoms with Gasteiger partial charge in [-0.3, -0.25) is 4.79 Å². The first-order valence-corrected chi connectivity index (χ1v) is 7.88. The molecule has 2 aliphatic rings. The highest BCUT2D eigenvalue weighted by atomic mass is 16.5. The maximum absolute atomic E-state index is 12.0. The number of esters is 1. The predicted molar refractivity (Wildman–Crippen MR) is 73.8 cm³/mol. The highest BCUT2D eigenvalue weighted by molar-refractivity contribution is 5.76. The van der Waals surface area contributed by atoms with Gasteiger partial charge in [-0.25, -0.2) is 0 Å². The third-order valence-corrected chi connectivity index (χ3v) is 4.34. The zero-order valence-electron chi connectivity index (χ0n) is 12.6. The van der Waals surface area contributed by atoms with E-state index in [1.54, 1.807) is 6.92 Å². The predicted octanol–water partition coefficient (Wildman–Crippen LogP) is 2.55. The standard InChI is InChI=1S/C15H22N2O4/c1-3-5-10(15(18)19-4-2)14-16-13(17-21-14)11-8-9-6-7-12(11)20-9/h9-12H,3-8H2,1-2H3. The molecule has 0 radical (unpaired) electrons. The second-order valence-electron chi connectivity index (χ2n) is 5.80. The number of carbonyl (C=O) groups excluding carboxylic acids is 1. The van der Waals surface area contributed by atoms with E-state index in [0.29, 0.717) is 30.8 Å². The number of hydrogen-bond donors (Lipinski definition) is 0. The largest absolute Gasteiger partial charge is 0.465 e. The van der Waals surface area contributed by atoms with E-state index in [2.05, 4.69) is 10.1 Å². The van der Waals surface area contributed by atoms with E-state index >= 15 is 0 Å². The Hall–Kier alpha value is -1.43. The smallest absolute Gasteiger partial charge is 0.318 e. The summed E-state index contributed by atoms with van der Waals surface area (Å²) in [4.78, 5) is 16.5.